The standard InChI is InChI=1S/C16H22N2/c1-2-6-14(7-3-1)17-11-10-13-12-18-16-9-5-4-8-15(13)16/h4-5,8-9,12,14,17-18H,1-3,6-7,10-11H2/p+1. The van der Waals surface area contributed by atoms with Gasteiger partial charge in [-0.2, -0.15) is 0 Å². The van der Waals surface area contributed by atoms with Gasteiger partial charge < -0.3 is 10.3 Å². The zero-order chi connectivity index (χ0) is 12.2. The van der Waals surface area contributed by atoms with Crippen LogP contribution in [0, 0.1) is 0 Å². The van der Waals surface area contributed by atoms with E-state index in [2.05, 4.69) is 40.8 Å². The first kappa shape index (κ1) is 11.8. The number of nitrogens with two attached hydrogens (primary N) is 1. The second-order valence-corrected chi connectivity index (χ2v) is 5.53. The molecule has 0 radical (unpaired) electrons. The Kier molecular flexibility index (Phi) is 3.65. The maximum Gasteiger partial charge on any atom is 0.0859 e. The number of hydrogen-bond donors (Lipinski definition) is 2. The van der Waals surface area contributed by atoms with Crippen LogP contribution in [0.15, 0.2) is 30.5 Å². The molecule has 96 valence electrons. The molecule has 2 aromatic rings. The highest BCUT2D eigenvalue weighted by Crippen LogP contribution is 2.18. The van der Waals surface area contributed by atoms with Crippen molar-refractivity contribution in [2.45, 2.75) is 44.6 Å². The van der Waals surface area contributed by atoms with Gasteiger partial charge in [-0.05, 0) is 37.3 Å². The van der Waals surface area contributed by atoms with Crippen molar-refractivity contribution in [2.75, 3.05) is 6.54 Å². The summed E-state index contributed by atoms with van der Waals surface area (Å²) in [7, 11) is 0. The Balaban J connectivity index is 1.56. The molecule has 0 unspecified atom stereocenters. The number of rotatable bonds is 4. The highest BCUT2D eigenvalue weighted by atomic mass is 14.9. The monoisotopic (exact) mass is 243 g/mol. The van der Waals surface area contributed by atoms with Gasteiger partial charge in [0.15, 0.2) is 0 Å². The van der Waals surface area contributed by atoms with Crippen molar-refractivity contribution in [3.05, 3.63) is 36.0 Å². The summed E-state index contributed by atoms with van der Waals surface area (Å²) >= 11 is 0. The van der Waals surface area contributed by atoms with Crippen LogP contribution in [0.3, 0.4) is 0 Å². The van der Waals surface area contributed by atoms with E-state index in [4.69, 9.17) is 0 Å². The highest BCUT2D eigenvalue weighted by Gasteiger charge is 2.15. The van der Waals surface area contributed by atoms with E-state index in [1.165, 1.54) is 61.5 Å². The fourth-order valence-corrected chi connectivity index (χ4v) is 3.18. The Morgan fingerprint density at radius 2 is 1.94 bits per heavy atom. The number of nitrogens with one attached hydrogen (secondary N) is 1. The van der Waals surface area contributed by atoms with Crippen molar-refractivity contribution in [2.24, 2.45) is 0 Å². The van der Waals surface area contributed by atoms with Crippen molar-refractivity contribution in [3.63, 3.8) is 0 Å². The van der Waals surface area contributed by atoms with Gasteiger partial charge in [0.25, 0.3) is 0 Å². The average molecular weight is 243 g/mol. The average Bonchev–Trinajstić information content (AvgIpc) is 2.84. The second-order valence-electron chi connectivity index (χ2n) is 5.53. The minimum Gasteiger partial charge on any atom is -0.361 e. The van der Waals surface area contributed by atoms with Crippen LogP contribution in [0.5, 0.6) is 0 Å². The molecule has 1 aromatic heterocycles. The number of para-hydroxylation sites is 1. The Hall–Kier alpha value is -1.28. The summed E-state index contributed by atoms with van der Waals surface area (Å²) in [5.74, 6) is 0. The zero-order valence-corrected chi connectivity index (χ0v) is 11.0. The van der Waals surface area contributed by atoms with Gasteiger partial charge in [-0.3, -0.25) is 0 Å². The molecule has 3 rings (SSSR count). The van der Waals surface area contributed by atoms with Crippen LogP contribution in [0.1, 0.15) is 37.7 Å². The molecule has 0 atom stereocenters. The minimum atomic E-state index is 0.893. The van der Waals surface area contributed by atoms with Gasteiger partial charge in [0.1, 0.15) is 0 Å². The third kappa shape index (κ3) is 2.59. The molecule has 0 bridgehead atoms. The molecule has 1 aliphatic carbocycles. The molecule has 0 saturated heterocycles. The van der Waals surface area contributed by atoms with Crippen LogP contribution in [0.2, 0.25) is 0 Å². The molecule has 0 amide bonds. The summed E-state index contributed by atoms with van der Waals surface area (Å²) in [6.45, 7) is 1.23. The molecular formula is C16H23N2+. The summed E-state index contributed by atoms with van der Waals surface area (Å²) in [6, 6.07) is 9.50. The topological polar surface area (TPSA) is 32.4 Å². The molecule has 2 heteroatoms. The van der Waals surface area contributed by atoms with E-state index >= 15 is 0 Å². The van der Waals surface area contributed by atoms with Gasteiger partial charge in [0, 0.05) is 23.5 Å². The minimum absolute atomic E-state index is 0.893. The van der Waals surface area contributed by atoms with Crippen LogP contribution in [0.4, 0.5) is 0 Å². The summed E-state index contributed by atoms with van der Waals surface area (Å²) in [4.78, 5) is 3.36. The Labute approximate surface area is 109 Å². The molecule has 18 heavy (non-hydrogen) atoms. The maximum absolute atomic E-state index is 3.36. The molecule has 1 fully saturated rings. The third-order valence-corrected chi connectivity index (χ3v) is 4.24. The molecular weight excluding hydrogens is 220 g/mol. The molecule has 1 aromatic carbocycles. The third-order valence-electron chi connectivity index (χ3n) is 4.24. The first-order valence-corrected chi connectivity index (χ1v) is 7.32. The van der Waals surface area contributed by atoms with Gasteiger partial charge in [-0.25, -0.2) is 0 Å². The van der Waals surface area contributed by atoms with Crippen molar-refractivity contribution in [3.8, 4) is 0 Å². The number of quaternary nitrogens is 1. The molecule has 1 saturated carbocycles. The summed E-state index contributed by atoms with van der Waals surface area (Å²) in [5.41, 5.74) is 2.74. The van der Waals surface area contributed by atoms with Crippen molar-refractivity contribution >= 4 is 10.9 Å². The lowest BCUT2D eigenvalue weighted by atomic mass is 9.95. The van der Waals surface area contributed by atoms with Gasteiger partial charge in [-0.1, -0.05) is 24.6 Å². The van der Waals surface area contributed by atoms with E-state index in [0.717, 1.165) is 6.04 Å². The number of hydrogen-bond acceptors (Lipinski definition) is 0. The highest BCUT2D eigenvalue weighted by molar-refractivity contribution is 5.82. The lowest BCUT2D eigenvalue weighted by Crippen LogP contribution is -2.90. The number of H-pyrrole nitrogens is 1. The summed E-state index contributed by atoms with van der Waals surface area (Å²) in [5, 5.41) is 3.97. The van der Waals surface area contributed by atoms with Gasteiger partial charge in [-0.15, -0.1) is 0 Å². The Morgan fingerprint density at radius 3 is 2.83 bits per heavy atom. The lowest BCUT2D eigenvalue weighted by Gasteiger charge is -2.19. The van der Waals surface area contributed by atoms with E-state index < -0.39 is 0 Å². The SMILES string of the molecule is c1ccc2c(CC[NH2+]C3CCCCC3)c[nH]c2c1. The molecule has 3 N–H and O–H groups in total. The van der Waals surface area contributed by atoms with Crippen LogP contribution in [-0.2, 0) is 6.42 Å². The van der Waals surface area contributed by atoms with Crippen molar-refractivity contribution in [1.29, 1.82) is 0 Å². The number of aromatic nitrogens is 1. The van der Waals surface area contributed by atoms with E-state index in [-0.39, 0.29) is 0 Å². The molecule has 1 aliphatic rings. The van der Waals surface area contributed by atoms with Crippen LogP contribution in [0.25, 0.3) is 10.9 Å². The van der Waals surface area contributed by atoms with Gasteiger partial charge in [0.2, 0.25) is 0 Å². The number of aromatic amines is 1. The fraction of sp³-hybridized carbons (Fsp3) is 0.500. The van der Waals surface area contributed by atoms with Crippen molar-refractivity contribution < 1.29 is 5.32 Å². The second kappa shape index (κ2) is 5.57. The lowest BCUT2D eigenvalue weighted by molar-refractivity contribution is -0.691. The first-order valence-electron chi connectivity index (χ1n) is 7.32. The van der Waals surface area contributed by atoms with Crippen LogP contribution < -0.4 is 5.32 Å². The molecule has 2 nitrogen and oxygen atoms in total. The quantitative estimate of drug-likeness (QED) is 0.827. The predicted molar refractivity (Wildman–Crippen MR) is 75.7 cm³/mol. The first-order chi connectivity index (χ1) is 8.93. The van der Waals surface area contributed by atoms with E-state index in [0.29, 0.717) is 0 Å². The number of fused-ring (bicyclic) bond motifs is 1. The maximum atomic E-state index is 3.36. The molecule has 0 spiro atoms. The summed E-state index contributed by atoms with van der Waals surface area (Å²) < 4.78 is 0. The van der Waals surface area contributed by atoms with E-state index in [9.17, 15) is 0 Å². The van der Waals surface area contributed by atoms with Gasteiger partial charge >= 0.3 is 0 Å². The van der Waals surface area contributed by atoms with Crippen molar-refractivity contribution in [1.82, 2.24) is 4.98 Å². The zero-order valence-electron chi connectivity index (χ0n) is 11.0. The van der Waals surface area contributed by atoms with Crippen LogP contribution in [-0.4, -0.2) is 17.6 Å². The molecule has 1 heterocycles. The summed E-state index contributed by atoms with van der Waals surface area (Å²) in [6.07, 6.45) is 10.5. The largest absolute Gasteiger partial charge is 0.361 e. The number of benzene rings is 1. The smallest absolute Gasteiger partial charge is 0.0859 e. The predicted octanol–water partition coefficient (Wildman–Crippen LogP) is 2.61. The van der Waals surface area contributed by atoms with Crippen LogP contribution >= 0.6 is 0 Å². The van der Waals surface area contributed by atoms with Gasteiger partial charge in [0.05, 0.1) is 12.6 Å². The fourth-order valence-electron chi connectivity index (χ4n) is 3.18. The van der Waals surface area contributed by atoms with E-state index in [1.54, 1.807) is 0 Å². The molecule has 0 aliphatic heterocycles. The Bertz CT molecular complexity index is 495. The Morgan fingerprint density at radius 1 is 1.11 bits per heavy atom. The normalized spacial score (nSPS) is 17.3. The van der Waals surface area contributed by atoms with E-state index in [1.807, 2.05) is 0 Å².